The number of rotatable bonds is 4. The van der Waals surface area contributed by atoms with Gasteiger partial charge in [0.2, 0.25) is 5.91 Å². The van der Waals surface area contributed by atoms with Gasteiger partial charge in [0, 0.05) is 32.7 Å². The van der Waals surface area contributed by atoms with Gasteiger partial charge in [-0.3, -0.25) is 4.79 Å². The van der Waals surface area contributed by atoms with Crippen molar-refractivity contribution in [1.82, 2.24) is 14.7 Å². The minimum Gasteiger partial charge on any atom is -0.475 e. The van der Waals surface area contributed by atoms with E-state index in [0.29, 0.717) is 17.2 Å². The summed E-state index contributed by atoms with van der Waals surface area (Å²) in [5.74, 6) is -3.36. The zero-order chi connectivity index (χ0) is 29.9. The van der Waals surface area contributed by atoms with Gasteiger partial charge in [0.25, 0.3) is 0 Å². The van der Waals surface area contributed by atoms with Gasteiger partial charge in [-0.25, -0.2) is 9.59 Å². The molecular formula is C26H39F6N3O5. The molecule has 0 aromatic carbocycles. The van der Waals surface area contributed by atoms with Crippen molar-refractivity contribution < 1.29 is 50.9 Å². The van der Waals surface area contributed by atoms with Crippen molar-refractivity contribution in [2.75, 3.05) is 52.4 Å². The maximum absolute atomic E-state index is 13.6. The van der Waals surface area contributed by atoms with Crippen LogP contribution in [-0.2, 0) is 14.4 Å². The second-order valence-electron chi connectivity index (χ2n) is 11.7. The third-order valence-corrected chi connectivity index (χ3v) is 9.24. The van der Waals surface area contributed by atoms with E-state index in [4.69, 9.17) is 19.8 Å². The molecule has 5 aliphatic rings. The molecule has 2 aliphatic carbocycles. The Morgan fingerprint density at radius 2 is 1.30 bits per heavy atom. The molecule has 230 valence electrons. The average molecular weight is 588 g/mol. The summed E-state index contributed by atoms with van der Waals surface area (Å²) in [5.41, 5.74) is 0.415. The second kappa shape index (κ2) is 12.4. The van der Waals surface area contributed by atoms with E-state index in [1.165, 1.54) is 71.1 Å². The Bertz CT molecular complexity index is 887. The summed E-state index contributed by atoms with van der Waals surface area (Å²) in [6.45, 7) is 11.5. The molecule has 3 heterocycles. The van der Waals surface area contributed by atoms with Gasteiger partial charge >= 0.3 is 24.3 Å². The fraction of sp³-hybridized carbons (Fsp3) is 0.885. The fourth-order valence-electron chi connectivity index (χ4n) is 6.93. The molecule has 0 radical (unpaired) electrons. The summed E-state index contributed by atoms with van der Waals surface area (Å²) >= 11 is 0. The topological polar surface area (TPSA) is 101 Å². The molecule has 3 saturated heterocycles. The van der Waals surface area contributed by atoms with Crippen LogP contribution in [0.1, 0.15) is 58.3 Å². The Morgan fingerprint density at radius 1 is 0.800 bits per heavy atom. The number of piperidine rings is 1. The lowest BCUT2D eigenvalue weighted by Crippen LogP contribution is -2.49. The number of carbonyl (C=O) groups excluding carboxylic acids is 1. The Morgan fingerprint density at radius 3 is 1.73 bits per heavy atom. The number of carboxylic acid groups (broad SMARTS) is 2. The van der Waals surface area contributed by atoms with Gasteiger partial charge in [-0.05, 0) is 88.3 Å². The quantitative estimate of drug-likeness (QED) is 0.478. The standard InChI is InChI=1S/C22H37N3O.2C2HF3O2/c1-2-23-16-19-21(9-13-24(14-10-21)15-18-5-6-18)7-8-22(19,17-23)20(26)25-11-3-4-12-25;2*3-2(4,5)1(6)7/h18-19H,2-17H2,1H3;2*(H,6,7)/t19-,22+;;/m0../s1. The monoisotopic (exact) mass is 587 g/mol. The summed E-state index contributed by atoms with van der Waals surface area (Å²) in [7, 11) is 0. The number of hydrogen-bond acceptors (Lipinski definition) is 5. The number of amides is 1. The van der Waals surface area contributed by atoms with E-state index in [2.05, 4.69) is 21.6 Å². The summed E-state index contributed by atoms with van der Waals surface area (Å²) in [5, 5.41) is 14.2. The molecular weight excluding hydrogens is 548 g/mol. The van der Waals surface area contributed by atoms with Gasteiger partial charge < -0.3 is 24.9 Å². The number of halogens is 6. The number of alkyl halides is 6. The molecule has 40 heavy (non-hydrogen) atoms. The highest BCUT2D eigenvalue weighted by molar-refractivity contribution is 5.84. The van der Waals surface area contributed by atoms with Gasteiger partial charge in [0.1, 0.15) is 0 Å². The lowest BCUT2D eigenvalue weighted by Gasteiger charge is -2.45. The minimum absolute atomic E-state index is 0.0426. The van der Waals surface area contributed by atoms with E-state index in [9.17, 15) is 31.1 Å². The average Bonchev–Trinajstić information content (AvgIpc) is 3.28. The van der Waals surface area contributed by atoms with Gasteiger partial charge in [-0.1, -0.05) is 6.92 Å². The Balaban J connectivity index is 0.000000263. The molecule has 5 fully saturated rings. The van der Waals surface area contributed by atoms with Crippen LogP contribution in [0.15, 0.2) is 0 Å². The van der Waals surface area contributed by atoms with E-state index in [-0.39, 0.29) is 5.41 Å². The van der Waals surface area contributed by atoms with Crippen LogP contribution in [0.5, 0.6) is 0 Å². The Labute approximate surface area is 229 Å². The van der Waals surface area contributed by atoms with Crippen LogP contribution in [0, 0.1) is 22.7 Å². The predicted octanol–water partition coefficient (Wildman–Crippen LogP) is 4.10. The molecule has 1 spiro atoms. The summed E-state index contributed by atoms with van der Waals surface area (Å²) < 4.78 is 63.5. The van der Waals surface area contributed by atoms with Crippen molar-refractivity contribution in [3.8, 4) is 0 Å². The van der Waals surface area contributed by atoms with Crippen LogP contribution in [0.4, 0.5) is 26.3 Å². The largest absolute Gasteiger partial charge is 0.490 e. The van der Waals surface area contributed by atoms with Gasteiger partial charge in [0.15, 0.2) is 0 Å². The lowest BCUT2D eigenvalue weighted by molar-refractivity contribution is -0.193. The van der Waals surface area contributed by atoms with Gasteiger partial charge in [-0.2, -0.15) is 26.3 Å². The molecule has 14 heteroatoms. The van der Waals surface area contributed by atoms with Gasteiger partial charge in [-0.15, -0.1) is 0 Å². The van der Waals surface area contributed by atoms with E-state index >= 15 is 0 Å². The maximum Gasteiger partial charge on any atom is 0.490 e. The summed E-state index contributed by atoms with van der Waals surface area (Å²) in [4.78, 5) is 39.0. The molecule has 3 aliphatic heterocycles. The van der Waals surface area contributed by atoms with Crippen molar-refractivity contribution in [2.45, 2.75) is 70.6 Å². The predicted molar refractivity (Wildman–Crippen MR) is 131 cm³/mol. The molecule has 0 aromatic rings. The van der Waals surface area contributed by atoms with Crippen LogP contribution in [0.3, 0.4) is 0 Å². The summed E-state index contributed by atoms with van der Waals surface area (Å²) in [6.07, 6.45) is 0.342. The van der Waals surface area contributed by atoms with E-state index in [0.717, 1.165) is 38.5 Å². The van der Waals surface area contributed by atoms with Crippen LogP contribution < -0.4 is 0 Å². The number of fused-ring (bicyclic) bond motifs is 2. The molecule has 0 bridgehead atoms. The third-order valence-electron chi connectivity index (χ3n) is 9.24. The molecule has 8 nitrogen and oxygen atoms in total. The van der Waals surface area contributed by atoms with Gasteiger partial charge in [0.05, 0.1) is 5.41 Å². The van der Waals surface area contributed by atoms with Crippen molar-refractivity contribution >= 4 is 17.8 Å². The number of carboxylic acids is 2. The first-order chi connectivity index (χ1) is 18.5. The first-order valence-electron chi connectivity index (χ1n) is 13.9. The normalized spacial score (nSPS) is 28.4. The number of likely N-dealkylation sites (tertiary alicyclic amines) is 3. The Hall–Kier alpha value is -2.09. The van der Waals surface area contributed by atoms with Crippen LogP contribution in [0.2, 0.25) is 0 Å². The highest BCUT2D eigenvalue weighted by atomic mass is 19.4. The molecule has 5 rings (SSSR count). The SMILES string of the molecule is CCN1C[C@H]2C3(CCN(CC4CC4)CC3)CC[C@@]2(C(=O)N2CCCC2)C1.O=C(O)C(F)(F)F.O=C(O)C(F)(F)F. The number of carbonyl (C=O) groups is 3. The summed E-state index contributed by atoms with van der Waals surface area (Å²) in [6, 6.07) is 0. The van der Waals surface area contributed by atoms with Crippen molar-refractivity contribution in [1.29, 1.82) is 0 Å². The number of hydrogen-bond donors (Lipinski definition) is 2. The highest BCUT2D eigenvalue weighted by Gasteiger charge is 2.64. The highest BCUT2D eigenvalue weighted by Crippen LogP contribution is 2.62. The van der Waals surface area contributed by atoms with Crippen LogP contribution >= 0.6 is 0 Å². The molecule has 2 atom stereocenters. The zero-order valence-corrected chi connectivity index (χ0v) is 22.7. The zero-order valence-electron chi connectivity index (χ0n) is 22.7. The van der Waals surface area contributed by atoms with Crippen LogP contribution in [-0.4, -0.2) is 107 Å². The maximum atomic E-state index is 13.6. The fourth-order valence-corrected chi connectivity index (χ4v) is 6.93. The minimum atomic E-state index is -5.08. The molecule has 2 N–H and O–H groups in total. The number of nitrogens with zero attached hydrogens (tertiary/aromatic N) is 3. The number of aliphatic carboxylic acids is 2. The van der Waals surface area contributed by atoms with Crippen molar-refractivity contribution in [2.24, 2.45) is 22.7 Å². The molecule has 2 saturated carbocycles. The molecule has 1 amide bonds. The lowest BCUT2D eigenvalue weighted by atomic mass is 9.65. The first-order valence-corrected chi connectivity index (χ1v) is 13.9. The van der Waals surface area contributed by atoms with Crippen molar-refractivity contribution in [3.63, 3.8) is 0 Å². The van der Waals surface area contributed by atoms with E-state index < -0.39 is 24.3 Å². The van der Waals surface area contributed by atoms with Crippen molar-refractivity contribution in [3.05, 3.63) is 0 Å². The van der Waals surface area contributed by atoms with Crippen LogP contribution in [0.25, 0.3) is 0 Å². The Kier molecular flexibility index (Phi) is 10.1. The second-order valence-corrected chi connectivity index (χ2v) is 11.7. The van der Waals surface area contributed by atoms with E-state index in [1.807, 2.05) is 0 Å². The molecule has 0 unspecified atom stereocenters. The smallest absolute Gasteiger partial charge is 0.475 e. The first kappa shape index (κ1) is 32.4. The third kappa shape index (κ3) is 7.59. The van der Waals surface area contributed by atoms with E-state index in [1.54, 1.807) is 0 Å². The molecule has 0 aromatic heterocycles.